The van der Waals surface area contributed by atoms with Crippen LogP contribution in [0.2, 0.25) is 10.0 Å². The van der Waals surface area contributed by atoms with Gasteiger partial charge in [0.25, 0.3) is 5.91 Å². The van der Waals surface area contributed by atoms with E-state index in [0.29, 0.717) is 27.0 Å². The number of aromatic nitrogens is 1. The quantitative estimate of drug-likeness (QED) is 0.562. The van der Waals surface area contributed by atoms with Gasteiger partial charge in [-0.2, -0.15) is 0 Å². The first kappa shape index (κ1) is 20.0. The van der Waals surface area contributed by atoms with Crippen molar-refractivity contribution in [3.8, 4) is 5.75 Å². The number of carbonyl (C=O) groups excluding carboxylic acids is 1. The van der Waals surface area contributed by atoms with E-state index < -0.39 is 0 Å². The number of ether oxygens (including phenoxy) is 1. The molecule has 0 fully saturated rings. The van der Waals surface area contributed by atoms with Crippen LogP contribution in [0.15, 0.2) is 54.7 Å². The molecular formula is C21H19Cl2N3O2. The Hall–Kier alpha value is -2.76. The van der Waals surface area contributed by atoms with Crippen molar-refractivity contribution < 1.29 is 9.53 Å². The Morgan fingerprint density at radius 3 is 2.71 bits per heavy atom. The molecule has 3 rings (SSSR count). The predicted molar refractivity (Wildman–Crippen MR) is 113 cm³/mol. The highest BCUT2D eigenvalue weighted by atomic mass is 35.5. The molecule has 0 spiro atoms. The summed E-state index contributed by atoms with van der Waals surface area (Å²) in [5.74, 6) is 0.387. The highest BCUT2D eigenvalue weighted by Gasteiger charge is 2.14. The van der Waals surface area contributed by atoms with Crippen LogP contribution < -0.4 is 15.8 Å². The van der Waals surface area contributed by atoms with E-state index in [0.717, 1.165) is 11.1 Å². The van der Waals surface area contributed by atoms with E-state index in [1.165, 1.54) is 6.20 Å². The smallest absolute Gasteiger partial charge is 0.257 e. The normalized spacial score (nSPS) is 11.7. The van der Waals surface area contributed by atoms with Crippen LogP contribution in [0.5, 0.6) is 5.75 Å². The molecule has 0 bridgehead atoms. The standard InChI is InChI=1S/C21H19Cl2N3O2/c1-12-5-3-8-17(19(12)23)21(27)26-16-7-4-6-14(9-16)13(2)28-18-10-15(22)11-25-20(18)24/h3-11,13H,1-2H3,(H2,24,25)(H,26,27)/t13-/m1/s1. The summed E-state index contributed by atoms with van der Waals surface area (Å²) < 4.78 is 5.89. The average Bonchev–Trinajstić information content (AvgIpc) is 2.67. The van der Waals surface area contributed by atoms with Crippen LogP contribution >= 0.6 is 23.2 Å². The Kier molecular flexibility index (Phi) is 6.07. The molecule has 1 atom stereocenters. The number of rotatable bonds is 5. The van der Waals surface area contributed by atoms with Gasteiger partial charge in [-0.25, -0.2) is 4.98 Å². The van der Waals surface area contributed by atoms with E-state index >= 15 is 0 Å². The molecule has 2 aromatic carbocycles. The van der Waals surface area contributed by atoms with E-state index in [4.69, 9.17) is 33.7 Å². The van der Waals surface area contributed by atoms with Crippen LogP contribution in [-0.2, 0) is 0 Å². The fourth-order valence-electron chi connectivity index (χ4n) is 2.67. The van der Waals surface area contributed by atoms with Crippen molar-refractivity contribution in [1.29, 1.82) is 0 Å². The van der Waals surface area contributed by atoms with Gasteiger partial charge in [-0.05, 0) is 43.2 Å². The number of pyridine rings is 1. The molecule has 3 aromatic rings. The second-order valence-electron chi connectivity index (χ2n) is 6.31. The number of carbonyl (C=O) groups is 1. The Bertz CT molecular complexity index is 1020. The van der Waals surface area contributed by atoms with Gasteiger partial charge in [-0.1, -0.05) is 47.5 Å². The van der Waals surface area contributed by atoms with Gasteiger partial charge < -0.3 is 15.8 Å². The van der Waals surface area contributed by atoms with Crippen molar-refractivity contribution in [2.45, 2.75) is 20.0 Å². The van der Waals surface area contributed by atoms with Gasteiger partial charge in [-0.15, -0.1) is 0 Å². The summed E-state index contributed by atoms with van der Waals surface area (Å²) in [6, 6.07) is 14.3. The lowest BCUT2D eigenvalue weighted by molar-refractivity contribution is 0.102. The van der Waals surface area contributed by atoms with Crippen LogP contribution in [0.3, 0.4) is 0 Å². The second-order valence-corrected chi connectivity index (χ2v) is 7.13. The minimum atomic E-state index is -0.332. The van der Waals surface area contributed by atoms with Gasteiger partial charge in [0.1, 0.15) is 6.10 Å². The third kappa shape index (κ3) is 4.55. The molecule has 5 nitrogen and oxygen atoms in total. The summed E-state index contributed by atoms with van der Waals surface area (Å²) in [5, 5.41) is 3.75. The van der Waals surface area contributed by atoms with Gasteiger partial charge in [0.05, 0.1) is 15.6 Å². The number of aryl methyl sites for hydroxylation is 1. The minimum Gasteiger partial charge on any atom is -0.482 e. The van der Waals surface area contributed by atoms with Crippen molar-refractivity contribution in [3.63, 3.8) is 0 Å². The Balaban J connectivity index is 1.77. The average molecular weight is 416 g/mol. The number of nitrogens with one attached hydrogen (secondary N) is 1. The highest BCUT2D eigenvalue weighted by Crippen LogP contribution is 2.29. The zero-order valence-corrected chi connectivity index (χ0v) is 16.9. The predicted octanol–water partition coefficient (Wildman–Crippen LogP) is 5.67. The number of hydrogen-bond donors (Lipinski definition) is 2. The molecule has 1 heterocycles. The molecule has 0 aliphatic rings. The first-order valence-electron chi connectivity index (χ1n) is 8.59. The topological polar surface area (TPSA) is 77.2 Å². The molecule has 1 aromatic heterocycles. The lowest BCUT2D eigenvalue weighted by atomic mass is 10.1. The summed E-state index contributed by atoms with van der Waals surface area (Å²) in [6.45, 7) is 3.73. The molecule has 3 N–H and O–H groups in total. The number of benzene rings is 2. The summed E-state index contributed by atoms with van der Waals surface area (Å²) in [4.78, 5) is 16.6. The third-order valence-corrected chi connectivity index (χ3v) is 4.91. The number of amides is 1. The zero-order chi connectivity index (χ0) is 20.3. The number of anilines is 2. The van der Waals surface area contributed by atoms with Gasteiger partial charge >= 0.3 is 0 Å². The van der Waals surface area contributed by atoms with Crippen LogP contribution in [0, 0.1) is 6.92 Å². The maximum Gasteiger partial charge on any atom is 0.257 e. The first-order valence-corrected chi connectivity index (χ1v) is 9.35. The van der Waals surface area contributed by atoms with Gasteiger partial charge in [0.15, 0.2) is 11.6 Å². The molecule has 1 amide bonds. The van der Waals surface area contributed by atoms with Crippen molar-refractivity contribution in [1.82, 2.24) is 4.98 Å². The first-order chi connectivity index (χ1) is 13.3. The molecular weight excluding hydrogens is 397 g/mol. The van der Waals surface area contributed by atoms with E-state index in [-0.39, 0.29) is 17.8 Å². The molecule has 0 unspecified atom stereocenters. The Morgan fingerprint density at radius 2 is 1.93 bits per heavy atom. The lowest BCUT2D eigenvalue weighted by Crippen LogP contribution is -2.13. The molecule has 0 radical (unpaired) electrons. The number of nitrogens with two attached hydrogens (primary N) is 1. The van der Waals surface area contributed by atoms with Crippen LogP contribution in [-0.4, -0.2) is 10.9 Å². The molecule has 0 saturated carbocycles. The van der Waals surface area contributed by atoms with Crippen LogP contribution in [0.1, 0.15) is 34.5 Å². The fourth-order valence-corrected chi connectivity index (χ4v) is 3.03. The highest BCUT2D eigenvalue weighted by molar-refractivity contribution is 6.35. The maximum absolute atomic E-state index is 12.6. The number of nitrogen functional groups attached to an aromatic ring is 1. The Labute approximate surface area is 173 Å². The van der Waals surface area contributed by atoms with Gasteiger partial charge in [-0.3, -0.25) is 4.79 Å². The number of hydrogen-bond acceptors (Lipinski definition) is 4. The van der Waals surface area contributed by atoms with E-state index in [2.05, 4.69) is 10.3 Å². The van der Waals surface area contributed by atoms with E-state index in [1.807, 2.05) is 38.1 Å². The summed E-state index contributed by atoms with van der Waals surface area (Å²) in [7, 11) is 0. The van der Waals surface area contributed by atoms with Gasteiger partial charge in [0.2, 0.25) is 0 Å². The lowest BCUT2D eigenvalue weighted by Gasteiger charge is -2.17. The number of nitrogens with zero attached hydrogens (tertiary/aromatic N) is 1. The SMILES string of the molecule is Cc1cccc(C(=O)Nc2cccc([C@@H](C)Oc3cc(Cl)cnc3N)c2)c1Cl. The molecule has 7 heteroatoms. The minimum absolute atomic E-state index is 0.259. The second kappa shape index (κ2) is 8.50. The monoisotopic (exact) mass is 415 g/mol. The zero-order valence-electron chi connectivity index (χ0n) is 15.4. The largest absolute Gasteiger partial charge is 0.482 e. The Morgan fingerprint density at radius 1 is 1.18 bits per heavy atom. The van der Waals surface area contributed by atoms with Crippen molar-refractivity contribution >= 4 is 40.6 Å². The third-order valence-electron chi connectivity index (χ3n) is 4.20. The van der Waals surface area contributed by atoms with Crippen LogP contribution in [0.25, 0.3) is 0 Å². The summed E-state index contributed by atoms with van der Waals surface area (Å²) >= 11 is 12.2. The van der Waals surface area contributed by atoms with Crippen molar-refractivity contribution in [3.05, 3.63) is 81.5 Å². The van der Waals surface area contributed by atoms with Crippen LogP contribution in [0.4, 0.5) is 11.5 Å². The molecule has 0 saturated heterocycles. The van der Waals surface area contributed by atoms with E-state index in [1.54, 1.807) is 24.3 Å². The molecule has 0 aliphatic heterocycles. The summed E-state index contributed by atoms with van der Waals surface area (Å²) in [5.41, 5.74) is 8.59. The summed E-state index contributed by atoms with van der Waals surface area (Å²) in [6.07, 6.45) is 1.13. The molecule has 0 aliphatic carbocycles. The van der Waals surface area contributed by atoms with Crippen molar-refractivity contribution in [2.24, 2.45) is 0 Å². The van der Waals surface area contributed by atoms with Gasteiger partial charge in [0, 0.05) is 18.0 Å². The maximum atomic E-state index is 12.6. The fraction of sp³-hybridized carbons (Fsp3) is 0.143. The molecule has 28 heavy (non-hydrogen) atoms. The van der Waals surface area contributed by atoms with E-state index in [9.17, 15) is 4.79 Å². The molecule has 144 valence electrons. The number of halogens is 2. The van der Waals surface area contributed by atoms with Crippen molar-refractivity contribution in [2.75, 3.05) is 11.1 Å².